The summed E-state index contributed by atoms with van der Waals surface area (Å²) in [5.41, 5.74) is 0. The summed E-state index contributed by atoms with van der Waals surface area (Å²) in [5.74, 6) is -1.35. The fourth-order valence-electron chi connectivity index (χ4n) is 2.31. The molecule has 0 aromatic carbocycles. The predicted molar refractivity (Wildman–Crippen MR) is 70.1 cm³/mol. The lowest BCUT2D eigenvalue weighted by Gasteiger charge is -2.22. The van der Waals surface area contributed by atoms with Gasteiger partial charge in [0.05, 0.1) is 12.1 Å². The Hall–Kier alpha value is -1.70. The molecule has 0 bridgehead atoms. The van der Waals surface area contributed by atoms with Crippen LogP contribution in [0, 0.1) is 5.92 Å². The van der Waals surface area contributed by atoms with Gasteiger partial charge in [-0.3, -0.25) is 10.1 Å². The molecule has 0 spiro atoms. The van der Waals surface area contributed by atoms with Gasteiger partial charge in [0.1, 0.15) is 5.00 Å². The van der Waals surface area contributed by atoms with Gasteiger partial charge in [0.25, 0.3) is 0 Å². The van der Waals surface area contributed by atoms with E-state index in [-0.39, 0.29) is 6.04 Å². The van der Waals surface area contributed by atoms with Gasteiger partial charge in [-0.25, -0.2) is 4.79 Å². The molecule has 0 aliphatic heterocycles. The van der Waals surface area contributed by atoms with Gasteiger partial charge < -0.3 is 10.4 Å². The first-order valence-electron chi connectivity index (χ1n) is 6.24. The number of amides is 2. The van der Waals surface area contributed by atoms with E-state index < -0.39 is 17.9 Å². The number of hydrogen-bond acceptors (Lipinski definition) is 5. The minimum atomic E-state index is -0.841. The molecule has 3 N–H and O–H groups in total. The summed E-state index contributed by atoms with van der Waals surface area (Å²) in [4.78, 5) is 23.0. The van der Waals surface area contributed by atoms with Crippen molar-refractivity contribution in [3.05, 3.63) is 6.20 Å². The minimum absolute atomic E-state index is 0.319. The van der Waals surface area contributed by atoms with E-state index in [1.54, 1.807) is 0 Å². The standard InChI is InChI=1S/C11H16N4O3S/c16-10(17)7-4-2-1-3-5-8(7)13-11(18)14-9-6-12-15-19-9/h6-8H,1-5H2,(H,16,17)(H2,13,14,18). The van der Waals surface area contributed by atoms with E-state index >= 15 is 0 Å². The molecule has 0 radical (unpaired) electrons. The highest BCUT2D eigenvalue weighted by atomic mass is 32.1. The molecule has 1 aliphatic rings. The largest absolute Gasteiger partial charge is 0.481 e. The van der Waals surface area contributed by atoms with Crippen LogP contribution in [0.4, 0.5) is 9.80 Å². The maximum Gasteiger partial charge on any atom is 0.320 e. The summed E-state index contributed by atoms with van der Waals surface area (Å²) < 4.78 is 3.64. The number of nitrogens with zero attached hydrogens (tertiary/aromatic N) is 2. The molecule has 1 aromatic rings. The molecule has 2 atom stereocenters. The second kappa shape index (κ2) is 6.46. The van der Waals surface area contributed by atoms with E-state index in [0.717, 1.165) is 30.8 Å². The van der Waals surface area contributed by atoms with Gasteiger partial charge in [-0.05, 0) is 12.8 Å². The number of hydrogen-bond donors (Lipinski definition) is 3. The van der Waals surface area contributed by atoms with Crippen LogP contribution < -0.4 is 10.6 Å². The molecule has 8 heteroatoms. The number of aliphatic carboxylic acids is 1. The van der Waals surface area contributed by atoms with Gasteiger partial charge in [-0.1, -0.05) is 23.8 Å². The van der Waals surface area contributed by atoms with E-state index in [0.29, 0.717) is 17.8 Å². The molecule has 1 aliphatic carbocycles. The fourth-order valence-corrected chi connectivity index (χ4v) is 2.73. The van der Waals surface area contributed by atoms with E-state index in [9.17, 15) is 14.7 Å². The van der Waals surface area contributed by atoms with Gasteiger partial charge in [0, 0.05) is 17.6 Å². The Bertz CT molecular complexity index is 437. The molecular formula is C11H16N4O3S. The molecule has 2 unspecified atom stereocenters. The first-order valence-corrected chi connectivity index (χ1v) is 7.02. The van der Waals surface area contributed by atoms with E-state index in [4.69, 9.17) is 0 Å². The van der Waals surface area contributed by atoms with Crippen molar-refractivity contribution in [3.63, 3.8) is 0 Å². The molecule has 19 heavy (non-hydrogen) atoms. The van der Waals surface area contributed by atoms with E-state index in [1.165, 1.54) is 6.20 Å². The third-order valence-electron chi connectivity index (χ3n) is 3.25. The summed E-state index contributed by atoms with van der Waals surface area (Å²) in [6.07, 6.45) is 5.62. The van der Waals surface area contributed by atoms with Crippen LogP contribution in [0.1, 0.15) is 32.1 Å². The molecule has 1 aromatic heterocycles. The Morgan fingerprint density at radius 2 is 2.11 bits per heavy atom. The SMILES string of the molecule is O=C(Nc1cnns1)NC1CCCCCC1C(=O)O. The number of carboxylic acid groups (broad SMARTS) is 1. The minimum Gasteiger partial charge on any atom is -0.481 e. The van der Waals surface area contributed by atoms with Crippen LogP contribution in [0.15, 0.2) is 6.20 Å². The average Bonchev–Trinajstić information content (AvgIpc) is 2.73. The molecule has 1 saturated carbocycles. The van der Waals surface area contributed by atoms with Crippen LogP contribution in [-0.2, 0) is 4.79 Å². The van der Waals surface area contributed by atoms with Crippen LogP contribution in [0.5, 0.6) is 0 Å². The molecule has 1 fully saturated rings. The predicted octanol–water partition coefficient (Wildman–Crippen LogP) is 1.69. The summed E-state index contributed by atoms with van der Waals surface area (Å²) in [5, 5.41) is 18.7. The maximum atomic E-state index is 11.8. The Morgan fingerprint density at radius 1 is 1.32 bits per heavy atom. The number of aromatic nitrogens is 2. The second-order valence-electron chi connectivity index (χ2n) is 4.57. The molecule has 2 rings (SSSR count). The number of carbonyl (C=O) groups excluding carboxylic acids is 1. The number of rotatable bonds is 3. The number of anilines is 1. The van der Waals surface area contributed by atoms with Crippen LogP contribution >= 0.6 is 11.5 Å². The van der Waals surface area contributed by atoms with Gasteiger partial charge in [0.15, 0.2) is 0 Å². The molecule has 7 nitrogen and oxygen atoms in total. The van der Waals surface area contributed by atoms with Crippen LogP contribution in [0.3, 0.4) is 0 Å². The van der Waals surface area contributed by atoms with Crippen LogP contribution in [0.25, 0.3) is 0 Å². The number of nitrogens with one attached hydrogen (secondary N) is 2. The van der Waals surface area contributed by atoms with Gasteiger partial charge in [-0.2, -0.15) is 0 Å². The van der Waals surface area contributed by atoms with Crippen molar-refractivity contribution in [1.82, 2.24) is 14.9 Å². The Labute approximate surface area is 114 Å². The third kappa shape index (κ3) is 3.88. The number of carboxylic acids is 1. The summed E-state index contributed by atoms with van der Waals surface area (Å²) in [6, 6.07) is -0.718. The lowest BCUT2D eigenvalue weighted by molar-refractivity contribution is -0.142. The maximum absolute atomic E-state index is 11.8. The Kier molecular flexibility index (Phi) is 4.67. The molecule has 0 saturated heterocycles. The first-order chi connectivity index (χ1) is 9.16. The Balaban J connectivity index is 1.94. The summed E-state index contributed by atoms with van der Waals surface area (Å²) >= 11 is 1.08. The summed E-state index contributed by atoms with van der Waals surface area (Å²) in [6.45, 7) is 0. The zero-order valence-electron chi connectivity index (χ0n) is 10.3. The summed E-state index contributed by atoms with van der Waals surface area (Å²) in [7, 11) is 0. The quantitative estimate of drug-likeness (QED) is 0.733. The smallest absolute Gasteiger partial charge is 0.320 e. The molecule has 1 heterocycles. The highest BCUT2D eigenvalue weighted by Crippen LogP contribution is 2.24. The van der Waals surface area contributed by atoms with Crippen LogP contribution in [0.2, 0.25) is 0 Å². The van der Waals surface area contributed by atoms with Crippen LogP contribution in [-0.4, -0.2) is 32.7 Å². The molecule has 2 amide bonds. The highest BCUT2D eigenvalue weighted by molar-refractivity contribution is 7.10. The molecular weight excluding hydrogens is 268 g/mol. The van der Waals surface area contributed by atoms with Crippen molar-refractivity contribution in [1.29, 1.82) is 0 Å². The second-order valence-corrected chi connectivity index (χ2v) is 5.36. The number of urea groups is 1. The van der Waals surface area contributed by atoms with Crippen molar-refractivity contribution in [3.8, 4) is 0 Å². The number of carbonyl (C=O) groups is 2. The van der Waals surface area contributed by atoms with Crippen molar-refractivity contribution >= 4 is 28.5 Å². The zero-order chi connectivity index (χ0) is 13.7. The average molecular weight is 284 g/mol. The van der Waals surface area contributed by atoms with Gasteiger partial charge in [0.2, 0.25) is 0 Å². The monoisotopic (exact) mass is 284 g/mol. The van der Waals surface area contributed by atoms with E-state index in [2.05, 4.69) is 20.2 Å². The zero-order valence-corrected chi connectivity index (χ0v) is 11.2. The third-order valence-corrected chi connectivity index (χ3v) is 3.83. The Morgan fingerprint density at radius 3 is 2.79 bits per heavy atom. The van der Waals surface area contributed by atoms with Crippen molar-refractivity contribution in [2.45, 2.75) is 38.1 Å². The van der Waals surface area contributed by atoms with Gasteiger partial charge in [-0.15, -0.1) is 5.10 Å². The highest BCUT2D eigenvalue weighted by Gasteiger charge is 2.30. The van der Waals surface area contributed by atoms with Crippen molar-refractivity contribution in [2.75, 3.05) is 5.32 Å². The topological polar surface area (TPSA) is 104 Å². The first kappa shape index (κ1) is 13.7. The fraction of sp³-hybridized carbons (Fsp3) is 0.636. The van der Waals surface area contributed by atoms with Gasteiger partial charge >= 0.3 is 12.0 Å². The lowest BCUT2D eigenvalue weighted by Crippen LogP contribution is -2.44. The lowest BCUT2D eigenvalue weighted by atomic mass is 9.95. The normalized spacial score (nSPS) is 23.4. The molecule has 104 valence electrons. The van der Waals surface area contributed by atoms with Crippen molar-refractivity contribution < 1.29 is 14.7 Å². The van der Waals surface area contributed by atoms with E-state index in [1.807, 2.05) is 0 Å². The van der Waals surface area contributed by atoms with Crippen molar-refractivity contribution in [2.24, 2.45) is 5.92 Å².